The standard InChI is InChI=1S/C42H78O4/c1-3-5-7-9-10-11-12-13-14-15-16-17-22-25-28-31-35-39-42(45)46-40(36-32-8-6-4-2)37-33-29-26-23-20-18-19-21-24-27-30-34-38-41(43)44/h10-11,13-14,40H,3-9,12,15-39H2,1-2H3,(H,43,44)/b11-10-,14-13-. The third-order valence-electron chi connectivity index (χ3n) is 9.18. The van der Waals surface area contributed by atoms with Crippen LogP contribution in [0.1, 0.15) is 226 Å². The number of ether oxygens (including phenoxy) is 1. The van der Waals surface area contributed by atoms with Gasteiger partial charge in [-0.25, -0.2) is 0 Å². The number of hydrogen-bond donors (Lipinski definition) is 1. The molecule has 0 saturated carbocycles. The van der Waals surface area contributed by atoms with Crippen LogP contribution in [-0.2, 0) is 14.3 Å². The molecule has 46 heavy (non-hydrogen) atoms. The predicted octanol–water partition coefficient (Wildman–Crippen LogP) is 14.0. The summed E-state index contributed by atoms with van der Waals surface area (Å²) in [4.78, 5) is 23.2. The van der Waals surface area contributed by atoms with Gasteiger partial charge in [0, 0.05) is 12.8 Å². The molecule has 1 unspecified atom stereocenters. The molecule has 0 heterocycles. The van der Waals surface area contributed by atoms with Gasteiger partial charge in [-0.2, -0.15) is 0 Å². The molecule has 270 valence electrons. The van der Waals surface area contributed by atoms with Gasteiger partial charge in [0.15, 0.2) is 0 Å². The van der Waals surface area contributed by atoms with Gasteiger partial charge < -0.3 is 9.84 Å². The van der Waals surface area contributed by atoms with Crippen LogP contribution in [0.3, 0.4) is 0 Å². The molecule has 0 rings (SSSR count). The maximum atomic E-state index is 12.6. The summed E-state index contributed by atoms with van der Waals surface area (Å²) in [6, 6.07) is 0. The van der Waals surface area contributed by atoms with E-state index in [9.17, 15) is 9.59 Å². The van der Waals surface area contributed by atoms with Crippen LogP contribution >= 0.6 is 0 Å². The highest BCUT2D eigenvalue weighted by molar-refractivity contribution is 5.69. The summed E-state index contributed by atoms with van der Waals surface area (Å²) < 4.78 is 6.00. The molecule has 1 atom stereocenters. The summed E-state index contributed by atoms with van der Waals surface area (Å²) in [6.45, 7) is 4.50. The lowest BCUT2D eigenvalue weighted by Crippen LogP contribution is -2.18. The van der Waals surface area contributed by atoms with Crippen LogP contribution in [0, 0.1) is 0 Å². The second-order valence-corrected chi connectivity index (χ2v) is 13.8. The second-order valence-electron chi connectivity index (χ2n) is 13.8. The van der Waals surface area contributed by atoms with Crippen molar-refractivity contribution in [3.63, 3.8) is 0 Å². The van der Waals surface area contributed by atoms with E-state index in [2.05, 4.69) is 38.2 Å². The molecule has 4 nitrogen and oxygen atoms in total. The Morgan fingerprint density at radius 1 is 0.478 bits per heavy atom. The minimum absolute atomic E-state index is 0.0324. The van der Waals surface area contributed by atoms with Crippen molar-refractivity contribution in [2.75, 3.05) is 0 Å². The molecule has 0 aromatic carbocycles. The number of carbonyl (C=O) groups excluding carboxylic acids is 1. The fourth-order valence-corrected chi connectivity index (χ4v) is 6.16. The van der Waals surface area contributed by atoms with Crippen LogP contribution in [0.4, 0.5) is 0 Å². The number of rotatable bonds is 37. The summed E-state index contributed by atoms with van der Waals surface area (Å²) in [7, 11) is 0. The molecular formula is C42H78O4. The topological polar surface area (TPSA) is 63.6 Å². The maximum Gasteiger partial charge on any atom is 0.306 e. The lowest BCUT2D eigenvalue weighted by molar-refractivity contribution is -0.150. The Morgan fingerprint density at radius 3 is 1.33 bits per heavy atom. The number of carboxylic acids is 1. The first kappa shape index (κ1) is 44.4. The van der Waals surface area contributed by atoms with Gasteiger partial charge in [0.05, 0.1) is 0 Å². The van der Waals surface area contributed by atoms with Crippen molar-refractivity contribution in [3.05, 3.63) is 24.3 Å². The molecular weight excluding hydrogens is 568 g/mol. The van der Waals surface area contributed by atoms with Crippen molar-refractivity contribution >= 4 is 11.9 Å². The number of unbranched alkanes of at least 4 members (excludes halogenated alkanes) is 24. The first-order valence-corrected chi connectivity index (χ1v) is 20.3. The first-order valence-electron chi connectivity index (χ1n) is 20.3. The lowest BCUT2D eigenvalue weighted by atomic mass is 10.0. The van der Waals surface area contributed by atoms with Gasteiger partial charge >= 0.3 is 11.9 Å². The molecule has 0 spiro atoms. The molecule has 4 heteroatoms. The van der Waals surface area contributed by atoms with Crippen LogP contribution in [0.5, 0.6) is 0 Å². The van der Waals surface area contributed by atoms with Crippen molar-refractivity contribution in [2.45, 2.75) is 232 Å². The van der Waals surface area contributed by atoms with E-state index in [1.54, 1.807) is 0 Å². The van der Waals surface area contributed by atoms with Gasteiger partial charge in [0.25, 0.3) is 0 Å². The van der Waals surface area contributed by atoms with Gasteiger partial charge in [-0.1, -0.05) is 167 Å². The second kappa shape index (κ2) is 37.9. The van der Waals surface area contributed by atoms with E-state index in [0.29, 0.717) is 12.8 Å². The molecule has 0 bridgehead atoms. The van der Waals surface area contributed by atoms with E-state index in [4.69, 9.17) is 9.84 Å². The van der Waals surface area contributed by atoms with E-state index >= 15 is 0 Å². The van der Waals surface area contributed by atoms with E-state index in [-0.39, 0.29) is 12.1 Å². The van der Waals surface area contributed by atoms with Gasteiger partial charge in [0.1, 0.15) is 6.10 Å². The molecule has 0 fully saturated rings. The zero-order chi connectivity index (χ0) is 33.6. The number of hydrogen-bond acceptors (Lipinski definition) is 3. The van der Waals surface area contributed by atoms with Gasteiger partial charge in [0.2, 0.25) is 0 Å². The fourth-order valence-electron chi connectivity index (χ4n) is 6.16. The van der Waals surface area contributed by atoms with Crippen molar-refractivity contribution < 1.29 is 19.4 Å². The van der Waals surface area contributed by atoms with Crippen LogP contribution in [0.2, 0.25) is 0 Å². The highest BCUT2D eigenvalue weighted by atomic mass is 16.5. The highest BCUT2D eigenvalue weighted by Crippen LogP contribution is 2.19. The summed E-state index contributed by atoms with van der Waals surface area (Å²) in [5.41, 5.74) is 0. The average molecular weight is 647 g/mol. The Morgan fingerprint density at radius 2 is 0.848 bits per heavy atom. The molecule has 0 aromatic rings. The smallest absolute Gasteiger partial charge is 0.306 e. The summed E-state index contributed by atoms with van der Waals surface area (Å²) in [6.07, 6.45) is 48.0. The highest BCUT2D eigenvalue weighted by Gasteiger charge is 2.14. The summed E-state index contributed by atoms with van der Waals surface area (Å²) >= 11 is 0. The van der Waals surface area contributed by atoms with Crippen molar-refractivity contribution in [1.82, 2.24) is 0 Å². The molecule has 0 aromatic heterocycles. The minimum Gasteiger partial charge on any atom is -0.481 e. The Bertz CT molecular complexity index is 698. The third kappa shape index (κ3) is 36.9. The van der Waals surface area contributed by atoms with E-state index in [1.807, 2.05) is 0 Å². The third-order valence-corrected chi connectivity index (χ3v) is 9.18. The quantitative estimate of drug-likeness (QED) is 0.0414. The Hall–Kier alpha value is -1.58. The molecule has 0 radical (unpaired) electrons. The Balaban J connectivity index is 3.80. The summed E-state index contributed by atoms with van der Waals surface area (Å²) in [5, 5.41) is 8.69. The predicted molar refractivity (Wildman–Crippen MR) is 200 cm³/mol. The Labute approximate surface area is 287 Å². The molecule has 1 N–H and O–H groups in total. The van der Waals surface area contributed by atoms with Gasteiger partial charge in [-0.15, -0.1) is 0 Å². The first-order chi connectivity index (χ1) is 22.6. The minimum atomic E-state index is -0.669. The monoisotopic (exact) mass is 647 g/mol. The molecule has 0 aliphatic heterocycles. The van der Waals surface area contributed by atoms with E-state index in [1.165, 1.54) is 154 Å². The Kier molecular flexibility index (Phi) is 36.6. The van der Waals surface area contributed by atoms with Crippen LogP contribution < -0.4 is 0 Å². The molecule has 0 saturated heterocycles. The van der Waals surface area contributed by atoms with Crippen molar-refractivity contribution in [3.8, 4) is 0 Å². The fraction of sp³-hybridized carbons (Fsp3) is 0.857. The largest absolute Gasteiger partial charge is 0.481 e. The lowest BCUT2D eigenvalue weighted by Gasteiger charge is -2.18. The van der Waals surface area contributed by atoms with Gasteiger partial charge in [-0.3, -0.25) is 9.59 Å². The SMILES string of the molecule is CCCCC/C=C\C/C=C\CCCCCCCCCC(=O)OC(CCCCCC)CCCCCCCCCCCCCCC(=O)O. The van der Waals surface area contributed by atoms with Crippen molar-refractivity contribution in [1.29, 1.82) is 0 Å². The number of carbonyl (C=O) groups is 2. The zero-order valence-electron chi connectivity index (χ0n) is 30.9. The molecule has 0 aliphatic rings. The molecule has 0 aliphatic carbocycles. The van der Waals surface area contributed by atoms with Crippen LogP contribution in [0.25, 0.3) is 0 Å². The number of esters is 1. The van der Waals surface area contributed by atoms with Crippen LogP contribution in [-0.4, -0.2) is 23.1 Å². The van der Waals surface area contributed by atoms with E-state index < -0.39 is 5.97 Å². The maximum absolute atomic E-state index is 12.6. The number of carboxylic acid groups (broad SMARTS) is 1. The average Bonchev–Trinajstić information content (AvgIpc) is 3.04. The number of allylic oxidation sites excluding steroid dienone is 4. The number of aliphatic carboxylic acids is 1. The summed E-state index contributed by atoms with van der Waals surface area (Å²) in [5.74, 6) is -0.637. The normalized spacial score (nSPS) is 12.4. The molecule has 0 amide bonds. The zero-order valence-corrected chi connectivity index (χ0v) is 30.9. The van der Waals surface area contributed by atoms with Crippen molar-refractivity contribution in [2.24, 2.45) is 0 Å². The van der Waals surface area contributed by atoms with Gasteiger partial charge in [-0.05, 0) is 70.6 Å². The van der Waals surface area contributed by atoms with E-state index in [0.717, 1.165) is 44.9 Å². The van der Waals surface area contributed by atoms with Crippen LogP contribution in [0.15, 0.2) is 24.3 Å².